The fourth-order valence-electron chi connectivity index (χ4n) is 3.85. The summed E-state index contributed by atoms with van der Waals surface area (Å²) in [6, 6.07) is 13.4. The zero-order valence-corrected chi connectivity index (χ0v) is 19.0. The molecule has 1 aliphatic heterocycles. The second kappa shape index (κ2) is 8.72. The molecule has 1 aliphatic rings. The molecule has 6 nitrogen and oxygen atoms in total. The number of likely N-dealkylation sites (tertiary alicyclic amines) is 1. The number of anilines is 1. The van der Waals surface area contributed by atoms with E-state index in [9.17, 15) is 13.2 Å². The fourth-order valence-corrected chi connectivity index (χ4v) is 5.64. The van der Waals surface area contributed by atoms with Crippen LogP contribution < -0.4 is 9.46 Å². The maximum absolute atomic E-state index is 13.4. The molecule has 0 saturated carbocycles. The Labute approximate surface area is 186 Å². The van der Waals surface area contributed by atoms with Crippen molar-refractivity contribution in [2.24, 2.45) is 0 Å². The zero-order valence-electron chi connectivity index (χ0n) is 17.4. The molecule has 1 fully saturated rings. The van der Waals surface area contributed by atoms with Gasteiger partial charge >= 0.3 is 0 Å². The third-order valence-corrected chi connectivity index (χ3v) is 7.61. The average Bonchev–Trinajstić information content (AvgIpc) is 3.45. The van der Waals surface area contributed by atoms with Crippen LogP contribution in [0.4, 0.5) is 5.69 Å². The number of amides is 1. The van der Waals surface area contributed by atoms with Crippen molar-refractivity contribution < 1.29 is 17.9 Å². The topological polar surface area (TPSA) is 75.7 Å². The molecule has 2 heterocycles. The number of methoxy groups -OCH3 is 1. The molecule has 8 heteroatoms. The summed E-state index contributed by atoms with van der Waals surface area (Å²) in [5, 5.41) is 4.09. The Balaban J connectivity index is 1.61. The van der Waals surface area contributed by atoms with Gasteiger partial charge in [-0.2, -0.15) is 11.3 Å². The zero-order chi connectivity index (χ0) is 22.0. The third kappa shape index (κ3) is 4.45. The molecule has 2 aromatic carbocycles. The Morgan fingerprint density at radius 2 is 1.94 bits per heavy atom. The minimum Gasteiger partial charge on any atom is -0.497 e. The van der Waals surface area contributed by atoms with E-state index in [0.717, 1.165) is 24.0 Å². The predicted molar refractivity (Wildman–Crippen MR) is 122 cm³/mol. The van der Waals surface area contributed by atoms with E-state index in [1.165, 1.54) is 12.1 Å². The highest BCUT2D eigenvalue weighted by atomic mass is 32.2. The molecule has 162 valence electrons. The highest BCUT2D eigenvalue weighted by Gasteiger charge is 2.32. The van der Waals surface area contributed by atoms with Crippen LogP contribution in [0.5, 0.6) is 5.75 Å². The number of rotatable bonds is 6. The van der Waals surface area contributed by atoms with Crippen LogP contribution in [0.25, 0.3) is 0 Å². The monoisotopic (exact) mass is 456 g/mol. The molecule has 1 saturated heterocycles. The first-order chi connectivity index (χ1) is 14.9. The number of benzene rings is 2. The van der Waals surface area contributed by atoms with Crippen LogP contribution in [-0.2, 0) is 10.0 Å². The largest absolute Gasteiger partial charge is 0.497 e. The first kappa shape index (κ1) is 21.4. The molecule has 0 bridgehead atoms. The number of sulfonamides is 1. The normalized spacial score (nSPS) is 16.3. The molecule has 1 N–H and O–H groups in total. The molecule has 1 amide bonds. The minimum absolute atomic E-state index is 0.0378. The third-order valence-electron chi connectivity index (χ3n) is 5.53. The summed E-state index contributed by atoms with van der Waals surface area (Å²) in [6.45, 7) is 2.50. The lowest BCUT2D eigenvalue weighted by Gasteiger charge is -2.25. The lowest BCUT2D eigenvalue weighted by molar-refractivity contribution is 0.0735. The smallest absolute Gasteiger partial charge is 0.261 e. The molecular formula is C23H24N2O4S2. The number of hydrogen-bond acceptors (Lipinski definition) is 5. The van der Waals surface area contributed by atoms with E-state index in [0.29, 0.717) is 23.5 Å². The first-order valence-corrected chi connectivity index (χ1v) is 12.4. The van der Waals surface area contributed by atoms with Gasteiger partial charge in [-0.15, -0.1) is 0 Å². The molecule has 4 rings (SSSR count). The van der Waals surface area contributed by atoms with Crippen molar-refractivity contribution in [3.8, 4) is 5.75 Å². The van der Waals surface area contributed by atoms with Crippen LogP contribution in [-0.4, -0.2) is 32.9 Å². The summed E-state index contributed by atoms with van der Waals surface area (Å²) in [4.78, 5) is 15.3. The van der Waals surface area contributed by atoms with Gasteiger partial charge in [-0.3, -0.25) is 9.52 Å². The van der Waals surface area contributed by atoms with E-state index in [2.05, 4.69) is 10.1 Å². The maximum atomic E-state index is 13.4. The summed E-state index contributed by atoms with van der Waals surface area (Å²) in [5.74, 6) is 0.504. The van der Waals surface area contributed by atoms with E-state index in [1.54, 1.807) is 48.8 Å². The van der Waals surface area contributed by atoms with Crippen molar-refractivity contribution in [1.82, 2.24) is 4.90 Å². The van der Waals surface area contributed by atoms with Crippen molar-refractivity contribution in [3.05, 3.63) is 76.0 Å². The van der Waals surface area contributed by atoms with Gasteiger partial charge in [0.2, 0.25) is 0 Å². The molecule has 1 unspecified atom stereocenters. The van der Waals surface area contributed by atoms with Crippen LogP contribution in [0.15, 0.2) is 64.2 Å². The molecule has 0 radical (unpaired) electrons. The number of carbonyl (C=O) groups excluding carboxylic acids is 1. The molecule has 0 spiro atoms. The van der Waals surface area contributed by atoms with E-state index in [1.807, 2.05) is 23.3 Å². The summed E-state index contributed by atoms with van der Waals surface area (Å²) < 4.78 is 33.6. The summed E-state index contributed by atoms with van der Waals surface area (Å²) >= 11 is 1.61. The van der Waals surface area contributed by atoms with Crippen LogP contribution in [0, 0.1) is 6.92 Å². The van der Waals surface area contributed by atoms with Crippen molar-refractivity contribution >= 4 is 33.0 Å². The van der Waals surface area contributed by atoms with Gasteiger partial charge in [0.15, 0.2) is 0 Å². The summed E-state index contributed by atoms with van der Waals surface area (Å²) in [7, 11) is -2.30. The Morgan fingerprint density at radius 1 is 1.16 bits per heavy atom. The number of carbonyl (C=O) groups is 1. The SMILES string of the molecule is COc1ccc(NS(=O)(=O)c2ccc(C)c(C(=O)N3CCCC3c3ccsc3)c2)cc1. The van der Waals surface area contributed by atoms with Gasteiger partial charge in [-0.25, -0.2) is 8.42 Å². The molecule has 0 aliphatic carbocycles. The van der Waals surface area contributed by atoms with E-state index in [-0.39, 0.29) is 16.8 Å². The minimum atomic E-state index is -3.85. The fraction of sp³-hybridized carbons (Fsp3) is 0.261. The molecule has 3 aromatic rings. The van der Waals surface area contributed by atoms with E-state index in [4.69, 9.17) is 4.74 Å². The number of thiophene rings is 1. The van der Waals surface area contributed by atoms with Gasteiger partial charge in [-0.05, 0) is 84.1 Å². The Morgan fingerprint density at radius 3 is 2.61 bits per heavy atom. The summed E-state index contributed by atoms with van der Waals surface area (Å²) in [5.41, 5.74) is 2.73. The molecule has 1 atom stereocenters. The van der Waals surface area contributed by atoms with Gasteiger partial charge in [0, 0.05) is 17.8 Å². The number of nitrogens with zero attached hydrogens (tertiary/aromatic N) is 1. The van der Waals surface area contributed by atoms with Gasteiger partial charge in [0.1, 0.15) is 5.75 Å². The van der Waals surface area contributed by atoms with Gasteiger partial charge < -0.3 is 9.64 Å². The Hall–Kier alpha value is -2.84. The van der Waals surface area contributed by atoms with Crippen LogP contribution in [0.2, 0.25) is 0 Å². The average molecular weight is 457 g/mol. The number of nitrogens with one attached hydrogen (secondary N) is 1. The lowest BCUT2D eigenvalue weighted by atomic mass is 10.1. The van der Waals surface area contributed by atoms with Gasteiger partial charge in [-0.1, -0.05) is 6.07 Å². The predicted octanol–water partition coefficient (Wildman–Crippen LogP) is 4.84. The first-order valence-electron chi connectivity index (χ1n) is 9.99. The molecular weight excluding hydrogens is 432 g/mol. The molecule has 1 aromatic heterocycles. The van der Waals surface area contributed by atoms with Crippen LogP contribution >= 0.6 is 11.3 Å². The maximum Gasteiger partial charge on any atom is 0.261 e. The van der Waals surface area contributed by atoms with Crippen molar-refractivity contribution in [2.75, 3.05) is 18.4 Å². The lowest BCUT2D eigenvalue weighted by Crippen LogP contribution is -2.31. The second-order valence-corrected chi connectivity index (χ2v) is 9.99. The highest BCUT2D eigenvalue weighted by Crippen LogP contribution is 2.35. The van der Waals surface area contributed by atoms with Crippen molar-refractivity contribution in [3.63, 3.8) is 0 Å². The molecule has 31 heavy (non-hydrogen) atoms. The van der Waals surface area contributed by atoms with Crippen molar-refractivity contribution in [1.29, 1.82) is 0 Å². The number of ether oxygens (including phenoxy) is 1. The van der Waals surface area contributed by atoms with Gasteiger partial charge in [0.25, 0.3) is 15.9 Å². The van der Waals surface area contributed by atoms with E-state index < -0.39 is 10.0 Å². The quantitative estimate of drug-likeness (QED) is 0.576. The highest BCUT2D eigenvalue weighted by molar-refractivity contribution is 7.92. The Bertz CT molecular complexity index is 1170. The number of aryl methyl sites for hydroxylation is 1. The van der Waals surface area contributed by atoms with E-state index >= 15 is 0 Å². The number of hydrogen-bond donors (Lipinski definition) is 1. The Kier molecular flexibility index (Phi) is 6.02. The second-order valence-electron chi connectivity index (χ2n) is 7.52. The van der Waals surface area contributed by atoms with Gasteiger partial charge in [0.05, 0.1) is 18.0 Å². The standard InChI is InChI=1S/C23H24N2O4S2/c1-16-5-10-20(31(27,28)24-18-6-8-19(29-2)9-7-18)14-21(16)23(26)25-12-3-4-22(25)17-11-13-30-15-17/h5-11,13-15,22,24H,3-4,12H2,1-2H3. The van der Waals surface area contributed by atoms with Crippen molar-refractivity contribution in [2.45, 2.75) is 30.7 Å². The van der Waals surface area contributed by atoms with Crippen LogP contribution in [0.3, 0.4) is 0 Å². The summed E-state index contributed by atoms with van der Waals surface area (Å²) in [6.07, 6.45) is 1.85. The van der Waals surface area contributed by atoms with Crippen LogP contribution in [0.1, 0.15) is 40.4 Å².